The van der Waals surface area contributed by atoms with E-state index in [1.807, 2.05) is 16.8 Å². The number of benzene rings is 1. The van der Waals surface area contributed by atoms with Crippen LogP contribution in [0.25, 0.3) is 11.4 Å². The first-order valence-corrected chi connectivity index (χ1v) is 9.36. The van der Waals surface area contributed by atoms with Crippen molar-refractivity contribution in [1.29, 1.82) is 0 Å². The molecule has 1 aliphatic carbocycles. The van der Waals surface area contributed by atoms with E-state index in [1.165, 1.54) is 0 Å². The van der Waals surface area contributed by atoms with Crippen molar-refractivity contribution in [3.05, 3.63) is 50.2 Å². The number of anilines is 1. The summed E-state index contributed by atoms with van der Waals surface area (Å²) in [6.45, 7) is 0. The lowest BCUT2D eigenvalue weighted by atomic mass is 10.2. The van der Waals surface area contributed by atoms with Gasteiger partial charge in [0.05, 0.1) is 21.1 Å². The lowest BCUT2D eigenvalue weighted by Crippen LogP contribution is -2.15. The van der Waals surface area contributed by atoms with Crippen molar-refractivity contribution in [2.45, 2.75) is 18.9 Å². The molecule has 0 spiro atoms. The molecule has 11 heteroatoms. The van der Waals surface area contributed by atoms with Gasteiger partial charge in [-0.15, -0.1) is 5.10 Å². The first kappa shape index (κ1) is 18.4. The molecule has 0 radical (unpaired) electrons. The van der Waals surface area contributed by atoms with Crippen LogP contribution in [0.5, 0.6) is 0 Å². The molecule has 1 fully saturated rings. The van der Waals surface area contributed by atoms with Gasteiger partial charge in [0.2, 0.25) is 0 Å². The maximum atomic E-state index is 12.5. The average Bonchev–Trinajstić information content (AvgIpc) is 3.40. The van der Waals surface area contributed by atoms with E-state index in [0.29, 0.717) is 17.6 Å². The Balaban J connectivity index is 1.55. The van der Waals surface area contributed by atoms with Crippen LogP contribution >= 0.6 is 46.4 Å². The highest BCUT2D eigenvalue weighted by atomic mass is 35.5. The molecule has 0 unspecified atom stereocenters. The highest BCUT2D eigenvalue weighted by Gasteiger charge is 2.28. The second-order valence-corrected chi connectivity index (χ2v) is 7.39. The molecule has 0 saturated heterocycles. The number of aromatic nitrogens is 5. The summed E-state index contributed by atoms with van der Waals surface area (Å²) in [4.78, 5) is 16.4. The average molecular weight is 444 g/mol. The van der Waals surface area contributed by atoms with Crippen molar-refractivity contribution in [1.82, 2.24) is 25.2 Å². The van der Waals surface area contributed by atoms with E-state index in [9.17, 15) is 4.79 Å². The van der Waals surface area contributed by atoms with E-state index in [0.717, 1.165) is 18.4 Å². The van der Waals surface area contributed by atoms with Gasteiger partial charge in [-0.1, -0.05) is 46.4 Å². The van der Waals surface area contributed by atoms with Crippen molar-refractivity contribution in [2.24, 2.45) is 0 Å². The largest absolute Gasteiger partial charge is 0.321 e. The number of carbonyl (C=O) groups is 1. The first-order valence-electron chi connectivity index (χ1n) is 7.85. The van der Waals surface area contributed by atoms with E-state index < -0.39 is 5.91 Å². The van der Waals surface area contributed by atoms with Crippen molar-refractivity contribution >= 4 is 58.0 Å². The molecule has 138 valence electrons. The number of carbonyl (C=O) groups excluding carboxylic acids is 1. The molecule has 1 aromatic carbocycles. The van der Waals surface area contributed by atoms with Crippen LogP contribution in [0.3, 0.4) is 0 Å². The minimum absolute atomic E-state index is 0.00220. The molecular formula is C16H10Cl4N6O. The molecule has 1 aliphatic rings. The van der Waals surface area contributed by atoms with Gasteiger partial charge in [-0.3, -0.25) is 4.79 Å². The van der Waals surface area contributed by atoms with E-state index in [1.54, 1.807) is 12.1 Å². The Labute approximate surface area is 173 Å². The number of halogens is 4. The van der Waals surface area contributed by atoms with E-state index in [4.69, 9.17) is 46.4 Å². The molecule has 2 aromatic heterocycles. The molecule has 7 nitrogen and oxygen atoms in total. The van der Waals surface area contributed by atoms with Crippen LogP contribution in [-0.4, -0.2) is 31.1 Å². The summed E-state index contributed by atoms with van der Waals surface area (Å²) in [5, 5.41) is 14.3. The molecule has 27 heavy (non-hydrogen) atoms. The Hall–Kier alpha value is -1.93. The molecule has 0 aliphatic heterocycles. The van der Waals surface area contributed by atoms with Crippen LogP contribution in [0.15, 0.2) is 24.3 Å². The Bertz CT molecular complexity index is 1030. The number of hydrogen-bond acceptors (Lipinski definition) is 5. The maximum Gasteiger partial charge on any atom is 0.275 e. The topological polar surface area (TPSA) is 85.6 Å². The van der Waals surface area contributed by atoms with Crippen LogP contribution in [0.2, 0.25) is 20.2 Å². The van der Waals surface area contributed by atoms with Crippen LogP contribution in [0.1, 0.15) is 29.4 Å². The van der Waals surface area contributed by atoms with Crippen molar-refractivity contribution in [3.8, 4) is 11.4 Å². The van der Waals surface area contributed by atoms with Gasteiger partial charge in [0.25, 0.3) is 5.91 Å². The lowest BCUT2D eigenvalue weighted by molar-refractivity contribution is 0.102. The zero-order valence-corrected chi connectivity index (χ0v) is 16.5. The third-order valence-electron chi connectivity index (χ3n) is 3.99. The highest BCUT2D eigenvalue weighted by Crippen LogP contribution is 2.37. The standard InChI is InChI=1S/C16H10Cl4N6O/c17-10-11(18)13(22-14(20)12(10)19)16(27)21-8-3-1-7(2-4-8)15-23-24-25-26(15)9-5-6-9/h1-4,9H,5-6H2,(H,21,27). The Morgan fingerprint density at radius 3 is 2.41 bits per heavy atom. The molecule has 1 saturated carbocycles. The van der Waals surface area contributed by atoms with Gasteiger partial charge in [-0.05, 0) is 47.5 Å². The fourth-order valence-electron chi connectivity index (χ4n) is 2.48. The molecule has 1 N–H and O–H groups in total. The van der Waals surface area contributed by atoms with Crippen LogP contribution in [-0.2, 0) is 0 Å². The molecule has 3 aromatic rings. The van der Waals surface area contributed by atoms with Gasteiger partial charge in [0.1, 0.15) is 10.8 Å². The minimum atomic E-state index is -0.559. The zero-order valence-electron chi connectivity index (χ0n) is 13.5. The van der Waals surface area contributed by atoms with Gasteiger partial charge in [0, 0.05) is 11.3 Å². The SMILES string of the molecule is O=C(Nc1ccc(-c2nnnn2C2CC2)cc1)c1nc(Cl)c(Cl)c(Cl)c1Cl. The number of nitrogens with zero attached hydrogens (tertiary/aromatic N) is 5. The molecule has 2 heterocycles. The van der Waals surface area contributed by atoms with Crippen LogP contribution in [0, 0.1) is 0 Å². The lowest BCUT2D eigenvalue weighted by Gasteiger charge is -2.09. The summed E-state index contributed by atoms with van der Waals surface area (Å²) in [7, 11) is 0. The summed E-state index contributed by atoms with van der Waals surface area (Å²) >= 11 is 23.8. The summed E-state index contributed by atoms with van der Waals surface area (Å²) in [5.41, 5.74) is 1.27. The van der Waals surface area contributed by atoms with Gasteiger partial charge < -0.3 is 5.32 Å². The Kier molecular flexibility index (Phi) is 4.94. The van der Waals surface area contributed by atoms with E-state index in [-0.39, 0.29) is 25.9 Å². The summed E-state index contributed by atoms with van der Waals surface area (Å²) in [6.07, 6.45) is 2.15. The first-order chi connectivity index (χ1) is 13.0. The number of amides is 1. The number of rotatable bonds is 4. The summed E-state index contributed by atoms with van der Waals surface area (Å²) in [6, 6.07) is 7.45. The maximum absolute atomic E-state index is 12.5. The second kappa shape index (κ2) is 7.24. The van der Waals surface area contributed by atoms with Gasteiger partial charge >= 0.3 is 0 Å². The Morgan fingerprint density at radius 2 is 1.74 bits per heavy atom. The van der Waals surface area contributed by atoms with Gasteiger partial charge in [0.15, 0.2) is 5.82 Å². The molecular weight excluding hydrogens is 434 g/mol. The van der Waals surface area contributed by atoms with Crippen molar-refractivity contribution in [3.63, 3.8) is 0 Å². The Morgan fingerprint density at radius 1 is 1.04 bits per heavy atom. The van der Waals surface area contributed by atoms with Gasteiger partial charge in [-0.25, -0.2) is 9.67 Å². The molecule has 1 amide bonds. The number of tetrazole rings is 1. The third kappa shape index (κ3) is 3.60. The second-order valence-electron chi connectivity index (χ2n) is 5.90. The number of hydrogen-bond donors (Lipinski definition) is 1. The fraction of sp³-hybridized carbons (Fsp3) is 0.188. The quantitative estimate of drug-likeness (QED) is 0.577. The molecule has 0 atom stereocenters. The normalized spacial score (nSPS) is 13.6. The van der Waals surface area contributed by atoms with Crippen LogP contribution in [0.4, 0.5) is 5.69 Å². The van der Waals surface area contributed by atoms with E-state index in [2.05, 4.69) is 25.8 Å². The zero-order chi connectivity index (χ0) is 19.1. The summed E-state index contributed by atoms with van der Waals surface area (Å²) < 4.78 is 1.81. The molecule has 4 rings (SSSR count). The number of nitrogens with one attached hydrogen (secondary N) is 1. The van der Waals surface area contributed by atoms with Crippen molar-refractivity contribution in [2.75, 3.05) is 5.32 Å². The van der Waals surface area contributed by atoms with Crippen molar-refractivity contribution < 1.29 is 4.79 Å². The number of pyridine rings is 1. The third-order valence-corrected chi connectivity index (χ3v) is 5.66. The molecule has 0 bridgehead atoms. The predicted molar refractivity (Wildman–Crippen MR) is 104 cm³/mol. The van der Waals surface area contributed by atoms with E-state index >= 15 is 0 Å². The smallest absolute Gasteiger partial charge is 0.275 e. The predicted octanol–water partition coefficient (Wildman–Crippen LogP) is 4.94. The fourth-order valence-corrected chi connectivity index (χ4v) is 3.29. The monoisotopic (exact) mass is 442 g/mol. The highest BCUT2D eigenvalue weighted by molar-refractivity contribution is 6.52. The summed E-state index contributed by atoms with van der Waals surface area (Å²) in [5.74, 6) is 0.132. The van der Waals surface area contributed by atoms with Crippen LogP contribution < -0.4 is 5.32 Å². The minimum Gasteiger partial charge on any atom is -0.321 e. The van der Waals surface area contributed by atoms with Gasteiger partial charge in [-0.2, -0.15) is 0 Å².